The molecule has 0 spiro atoms. The molecule has 0 aliphatic rings. The average Bonchev–Trinajstić information content (AvgIpc) is 2.96. The predicted octanol–water partition coefficient (Wildman–Crippen LogP) is 3.58. The molecular weight excluding hydrogens is 374 g/mol. The maximum atomic E-state index is 12.5. The Morgan fingerprint density at radius 2 is 1.86 bits per heavy atom. The Hall–Kier alpha value is -3.42. The first kappa shape index (κ1) is 20.3. The van der Waals surface area contributed by atoms with E-state index in [1.165, 1.54) is 23.8 Å². The summed E-state index contributed by atoms with van der Waals surface area (Å²) in [6.45, 7) is 5.96. The minimum absolute atomic E-state index is 0.0748. The Bertz CT molecular complexity index is 1100. The number of hydrogen-bond donors (Lipinski definition) is 1. The minimum Gasteiger partial charge on any atom is -0.407 e. The van der Waals surface area contributed by atoms with E-state index in [-0.39, 0.29) is 29.8 Å². The zero-order valence-electron chi connectivity index (χ0n) is 16.5. The third-order valence-corrected chi connectivity index (χ3v) is 4.67. The van der Waals surface area contributed by atoms with Crippen LogP contribution >= 0.6 is 0 Å². The van der Waals surface area contributed by atoms with Crippen LogP contribution in [0.15, 0.2) is 51.7 Å². The maximum absolute atomic E-state index is 12.5. The highest BCUT2D eigenvalue weighted by Crippen LogP contribution is 2.20. The number of benzene rings is 2. The van der Waals surface area contributed by atoms with Gasteiger partial charge in [-0.2, -0.15) is 0 Å². The molecule has 0 bridgehead atoms. The van der Waals surface area contributed by atoms with E-state index < -0.39 is 10.7 Å². The smallest absolute Gasteiger partial charge is 0.407 e. The molecule has 0 fully saturated rings. The van der Waals surface area contributed by atoms with Crippen LogP contribution in [0.5, 0.6) is 0 Å². The summed E-state index contributed by atoms with van der Waals surface area (Å²) >= 11 is 0. The molecule has 1 N–H and O–H groups in total. The molecule has 3 rings (SSSR count). The van der Waals surface area contributed by atoms with Crippen molar-refractivity contribution in [3.8, 4) is 0 Å². The Labute approximate surface area is 167 Å². The van der Waals surface area contributed by atoms with E-state index in [1.54, 1.807) is 0 Å². The van der Waals surface area contributed by atoms with Gasteiger partial charge in [-0.25, -0.2) is 4.79 Å². The van der Waals surface area contributed by atoms with Crippen LogP contribution in [0.2, 0.25) is 0 Å². The Balaban J connectivity index is 1.71. The molecule has 1 atom stereocenters. The van der Waals surface area contributed by atoms with Crippen LogP contribution in [0.25, 0.3) is 11.1 Å². The lowest BCUT2D eigenvalue weighted by Gasteiger charge is -2.15. The molecule has 8 nitrogen and oxygen atoms in total. The van der Waals surface area contributed by atoms with Gasteiger partial charge in [0.15, 0.2) is 5.58 Å². The van der Waals surface area contributed by atoms with Crippen molar-refractivity contribution in [3.63, 3.8) is 0 Å². The monoisotopic (exact) mass is 397 g/mol. The van der Waals surface area contributed by atoms with Crippen molar-refractivity contribution in [2.75, 3.05) is 0 Å². The molecule has 0 radical (unpaired) electrons. The lowest BCUT2D eigenvalue weighted by Crippen LogP contribution is -2.32. The first-order valence-corrected chi connectivity index (χ1v) is 9.40. The summed E-state index contributed by atoms with van der Waals surface area (Å²) in [6.07, 6.45) is 0.996. The normalized spacial score (nSPS) is 12.3. The minimum atomic E-state index is -0.735. The van der Waals surface area contributed by atoms with Crippen LogP contribution in [0.1, 0.15) is 37.9 Å². The number of carbonyl (C=O) groups is 1. The number of non-ortho nitro benzene ring substituents is 1. The number of amides is 1. The number of aromatic nitrogens is 1. The number of fused-ring (bicyclic) bond motifs is 1. The van der Waals surface area contributed by atoms with Crippen LogP contribution in [-0.4, -0.2) is 15.4 Å². The summed E-state index contributed by atoms with van der Waals surface area (Å²) in [7, 11) is 0. The van der Waals surface area contributed by atoms with Crippen LogP contribution < -0.4 is 11.1 Å². The number of nitrogens with one attached hydrogen (secondary N) is 1. The molecule has 152 valence electrons. The van der Waals surface area contributed by atoms with Crippen molar-refractivity contribution in [3.05, 3.63) is 74.3 Å². The van der Waals surface area contributed by atoms with Gasteiger partial charge < -0.3 is 9.73 Å². The van der Waals surface area contributed by atoms with E-state index in [9.17, 15) is 19.7 Å². The van der Waals surface area contributed by atoms with Crippen LogP contribution in [0, 0.1) is 16.0 Å². The van der Waals surface area contributed by atoms with Gasteiger partial charge in [0.05, 0.1) is 22.5 Å². The van der Waals surface area contributed by atoms with Gasteiger partial charge in [0, 0.05) is 6.07 Å². The molecule has 0 saturated carbocycles. The molecule has 0 aliphatic carbocycles. The average molecular weight is 397 g/mol. The number of nitrogens with zero attached hydrogens (tertiary/aromatic N) is 2. The number of oxazole rings is 1. The van der Waals surface area contributed by atoms with Crippen LogP contribution in [-0.2, 0) is 17.8 Å². The van der Waals surface area contributed by atoms with Gasteiger partial charge in [0.25, 0.3) is 5.69 Å². The molecule has 1 heterocycles. The molecule has 8 heteroatoms. The van der Waals surface area contributed by atoms with Gasteiger partial charge in [-0.15, -0.1) is 0 Å². The van der Waals surface area contributed by atoms with Gasteiger partial charge in [0.1, 0.15) is 6.54 Å². The summed E-state index contributed by atoms with van der Waals surface area (Å²) in [5, 5.41) is 13.7. The second-order valence-electron chi connectivity index (χ2n) is 7.49. The Kier molecular flexibility index (Phi) is 5.81. The van der Waals surface area contributed by atoms with E-state index in [1.807, 2.05) is 19.1 Å². The lowest BCUT2D eigenvalue weighted by molar-refractivity contribution is -0.384. The highest BCUT2D eigenvalue weighted by molar-refractivity contribution is 5.80. The third-order valence-electron chi connectivity index (χ3n) is 4.67. The van der Waals surface area contributed by atoms with Crippen molar-refractivity contribution < 1.29 is 14.1 Å². The van der Waals surface area contributed by atoms with Gasteiger partial charge in [-0.3, -0.25) is 19.5 Å². The summed E-state index contributed by atoms with van der Waals surface area (Å²) in [5.41, 5.74) is 2.43. The number of nitro benzene ring substituents is 1. The van der Waals surface area contributed by atoms with Crippen molar-refractivity contribution in [1.82, 2.24) is 9.88 Å². The molecule has 3 aromatic rings. The summed E-state index contributed by atoms with van der Waals surface area (Å²) < 4.78 is 6.21. The maximum Gasteiger partial charge on any atom is 0.420 e. The Morgan fingerprint density at radius 1 is 1.17 bits per heavy atom. The van der Waals surface area contributed by atoms with E-state index in [4.69, 9.17) is 4.42 Å². The van der Waals surface area contributed by atoms with Crippen molar-refractivity contribution in [2.45, 2.75) is 39.8 Å². The molecule has 0 saturated heterocycles. The van der Waals surface area contributed by atoms with Crippen molar-refractivity contribution >= 4 is 22.7 Å². The summed E-state index contributed by atoms with van der Waals surface area (Å²) in [6, 6.07) is 11.7. The molecular formula is C21H23N3O5. The Morgan fingerprint density at radius 3 is 2.48 bits per heavy atom. The number of rotatable bonds is 7. The fraction of sp³-hybridized carbons (Fsp3) is 0.333. The summed E-state index contributed by atoms with van der Waals surface area (Å²) in [5.74, 6) is -0.518. The molecule has 2 aromatic carbocycles. The molecule has 1 aromatic heterocycles. The largest absolute Gasteiger partial charge is 0.420 e. The lowest BCUT2D eigenvalue weighted by atomic mass is 10.00. The molecule has 0 aliphatic heterocycles. The van der Waals surface area contributed by atoms with Gasteiger partial charge in [0.2, 0.25) is 5.91 Å². The van der Waals surface area contributed by atoms with E-state index in [0.717, 1.165) is 16.6 Å². The first-order chi connectivity index (χ1) is 13.7. The molecule has 0 unspecified atom stereocenters. The zero-order valence-corrected chi connectivity index (χ0v) is 16.5. The molecule has 29 heavy (non-hydrogen) atoms. The number of hydrogen-bond acceptors (Lipinski definition) is 5. The summed E-state index contributed by atoms with van der Waals surface area (Å²) in [4.78, 5) is 34.8. The van der Waals surface area contributed by atoms with Gasteiger partial charge in [-0.05, 0) is 36.5 Å². The fourth-order valence-electron chi connectivity index (χ4n) is 3.25. The quantitative estimate of drug-likeness (QED) is 0.484. The number of nitro groups is 1. The van der Waals surface area contributed by atoms with Crippen molar-refractivity contribution in [1.29, 1.82) is 0 Å². The van der Waals surface area contributed by atoms with Crippen LogP contribution in [0.4, 0.5) is 5.69 Å². The highest BCUT2D eigenvalue weighted by atomic mass is 16.6. The van der Waals surface area contributed by atoms with Crippen LogP contribution in [0.3, 0.4) is 0 Å². The first-order valence-electron chi connectivity index (χ1n) is 9.40. The third kappa shape index (κ3) is 4.71. The topological polar surface area (TPSA) is 107 Å². The van der Waals surface area contributed by atoms with E-state index >= 15 is 0 Å². The SMILES string of the molecule is CC(C)Cc1ccc([C@@H](C)NC(=O)Cn2c(=O)oc3cc([N+](=O)[O-])ccc32)cc1. The van der Waals surface area contributed by atoms with Gasteiger partial charge >= 0.3 is 5.76 Å². The standard InChI is InChI=1S/C21H23N3O5/c1-13(2)10-15-4-6-16(7-5-15)14(3)22-20(25)12-23-18-9-8-17(24(27)28)11-19(18)29-21(23)26/h4-9,11,13-14H,10,12H2,1-3H3,(H,22,25)/t14-/m1/s1. The van der Waals surface area contributed by atoms with E-state index in [0.29, 0.717) is 11.4 Å². The highest BCUT2D eigenvalue weighted by Gasteiger charge is 2.17. The predicted molar refractivity (Wildman–Crippen MR) is 109 cm³/mol. The second kappa shape index (κ2) is 8.30. The fourth-order valence-corrected chi connectivity index (χ4v) is 3.25. The second-order valence-corrected chi connectivity index (χ2v) is 7.49. The zero-order chi connectivity index (χ0) is 21.1. The number of carbonyl (C=O) groups excluding carboxylic acids is 1. The molecule has 1 amide bonds. The van der Waals surface area contributed by atoms with Crippen molar-refractivity contribution in [2.24, 2.45) is 5.92 Å². The van der Waals surface area contributed by atoms with Gasteiger partial charge in [-0.1, -0.05) is 38.1 Å². The van der Waals surface area contributed by atoms with E-state index in [2.05, 4.69) is 31.3 Å².